The van der Waals surface area contributed by atoms with Crippen LogP contribution in [0.2, 0.25) is 0 Å². The Morgan fingerprint density at radius 2 is 1.91 bits per heavy atom. The van der Waals surface area contributed by atoms with Crippen LogP contribution in [-0.4, -0.2) is 63.4 Å². The molecule has 1 aliphatic heterocycles. The summed E-state index contributed by atoms with van der Waals surface area (Å²) in [7, 11) is 1.31. The zero-order valence-corrected chi connectivity index (χ0v) is 21.7. The number of ether oxygens (including phenoxy) is 4. The molecule has 0 aromatic carbocycles. The van der Waals surface area contributed by atoms with Gasteiger partial charge in [0.05, 0.1) is 17.0 Å². The van der Waals surface area contributed by atoms with Gasteiger partial charge in [-0.15, -0.1) is 0 Å². The Morgan fingerprint density at radius 3 is 2.50 bits per heavy atom. The van der Waals surface area contributed by atoms with E-state index in [-0.39, 0.29) is 5.92 Å². The van der Waals surface area contributed by atoms with Crippen LogP contribution in [-0.2, 0) is 38.1 Å². The molecule has 10 heteroatoms. The Labute approximate surface area is 211 Å². The Bertz CT molecular complexity index is 1030. The summed E-state index contributed by atoms with van der Waals surface area (Å²) in [6.07, 6.45) is -0.566. The van der Waals surface area contributed by atoms with Crippen LogP contribution < -0.4 is 0 Å². The van der Waals surface area contributed by atoms with Crippen LogP contribution in [0.15, 0.2) is 12.2 Å². The van der Waals surface area contributed by atoms with E-state index in [1.165, 1.54) is 21.0 Å². The molecule has 186 valence electrons. The Balaban J connectivity index is 1.73. The molecular weight excluding hydrogens is 559 g/mol. The average Bonchev–Trinajstić information content (AvgIpc) is 3.21. The molecule has 4 aliphatic carbocycles. The van der Waals surface area contributed by atoms with E-state index < -0.39 is 73.9 Å². The number of hydrogen-bond donors (Lipinski definition) is 1. The Kier molecular flexibility index (Phi) is 5.07. The Morgan fingerprint density at radius 1 is 1.24 bits per heavy atom. The second-order valence-corrected chi connectivity index (χ2v) is 12.1. The molecular formula is C24H29IO9. The summed E-state index contributed by atoms with van der Waals surface area (Å²) >= 11 is 2.11. The fourth-order valence-electron chi connectivity index (χ4n) is 8.45. The molecule has 5 rings (SSSR count). The molecule has 1 saturated heterocycles. The number of aliphatic hydroxyl groups is 1. The number of hydrogen-bond acceptors (Lipinski definition) is 9. The first-order valence-electron chi connectivity index (χ1n) is 11.5. The summed E-state index contributed by atoms with van der Waals surface area (Å²) in [6, 6.07) is 0. The second-order valence-electron chi connectivity index (χ2n) is 10.8. The van der Waals surface area contributed by atoms with Crippen LogP contribution in [0.4, 0.5) is 0 Å². The maximum Gasteiger partial charge on any atom is 0.315 e. The predicted molar refractivity (Wildman–Crippen MR) is 123 cm³/mol. The summed E-state index contributed by atoms with van der Waals surface area (Å²) in [4.78, 5) is 50.8. The molecule has 0 aromatic rings. The molecule has 0 amide bonds. The smallest absolute Gasteiger partial charge is 0.315 e. The first-order chi connectivity index (χ1) is 15.8. The lowest BCUT2D eigenvalue weighted by molar-refractivity contribution is -0.178. The minimum Gasteiger partial charge on any atom is -0.469 e. The molecule has 1 N–H and O–H groups in total. The fraction of sp³-hybridized carbons (Fsp3) is 0.750. The predicted octanol–water partition coefficient (Wildman–Crippen LogP) is 1.87. The lowest BCUT2D eigenvalue weighted by Gasteiger charge is -2.50. The molecule has 0 unspecified atom stereocenters. The standard InChI is InChI=1S/C24H29IO9/c1-10-8-22-9-23(10,33-12(3)27)7-6-13(22)24-16(14(22)19(29)31-5)21(4,20(30)34-24)18(28)15(17(24)25)32-11(2)26/h13-18,28H,1,6-9H2,2-5H3/t13-,14-,15-,16-,17-,18+,21-,22+,23+,24-/m1/s1. The van der Waals surface area contributed by atoms with Gasteiger partial charge >= 0.3 is 23.9 Å². The van der Waals surface area contributed by atoms with E-state index in [4.69, 9.17) is 18.9 Å². The van der Waals surface area contributed by atoms with Gasteiger partial charge in [-0.25, -0.2) is 0 Å². The molecule has 4 saturated carbocycles. The maximum atomic E-state index is 13.5. The summed E-state index contributed by atoms with van der Waals surface area (Å²) in [5.41, 5.74) is -3.53. The minimum atomic E-state index is -1.49. The first kappa shape index (κ1) is 24.0. The molecule has 34 heavy (non-hydrogen) atoms. The summed E-state index contributed by atoms with van der Waals surface area (Å²) in [6.45, 7) is 8.45. The van der Waals surface area contributed by atoms with E-state index in [0.717, 1.165) is 5.57 Å². The maximum absolute atomic E-state index is 13.5. The number of fused-ring (bicyclic) bond motifs is 1. The van der Waals surface area contributed by atoms with Gasteiger partial charge in [-0.05, 0) is 43.6 Å². The highest BCUT2D eigenvalue weighted by molar-refractivity contribution is 14.1. The molecule has 1 spiro atoms. The van der Waals surface area contributed by atoms with Crippen molar-refractivity contribution >= 4 is 46.5 Å². The van der Waals surface area contributed by atoms with Crippen molar-refractivity contribution in [2.24, 2.45) is 28.6 Å². The van der Waals surface area contributed by atoms with Gasteiger partial charge in [0, 0.05) is 25.7 Å². The van der Waals surface area contributed by atoms with E-state index in [0.29, 0.717) is 25.7 Å². The first-order valence-corrected chi connectivity index (χ1v) is 12.7. The van der Waals surface area contributed by atoms with Crippen molar-refractivity contribution in [3.63, 3.8) is 0 Å². The fourth-order valence-corrected chi connectivity index (χ4v) is 9.94. The molecule has 10 atom stereocenters. The number of carbonyl (C=O) groups is 4. The van der Waals surface area contributed by atoms with Gasteiger partial charge in [-0.2, -0.15) is 0 Å². The second kappa shape index (κ2) is 7.18. The minimum absolute atomic E-state index is 0.296. The summed E-state index contributed by atoms with van der Waals surface area (Å²) in [5.74, 6) is -3.87. The van der Waals surface area contributed by atoms with Crippen molar-refractivity contribution in [3.05, 3.63) is 12.2 Å². The van der Waals surface area contributed by atoms with E-state index in [1.807, 2.05) is 0 Å². The van der Waals surface area contributed by atoms with E-state index in [9.17, 15) is 24.3 Å². The van der Waals surface area contributed by atoms with Gasteiger partial charge in [0.2, 0.25) is 0 Å². The lowest BCUT2D eigenvalue weighted by atomic mass is 9.58. The van der Waals surface area contributed by atoms with Crippen molar-refractivity contribution in [1.82, 2.24) is 0 Å². The van der Waals surface area contributed by atoms with Crippen LogP contribution in [0.1, 0.15) is 46.5 Å². The highest BCUT2D eigenvalue weighted by Gasteiger charge is 2.88. The summed E-state index contributed by atoms with van der Waals surface area (Å²) < 4.78 is 22.3. The van der Waals surface area contributed by atoms with Crippen molar-refractivity contribution in [2.45, 2.75) is 73.8 Å². The average molecular weight is 588 g/mol. The molecule has 5 fully saturated rings. The van der Waals surface area contributed by atoms with Gasteiger partial charge in [0.15, 0.2) is 0 Å². The van der Waals surface area contributed by atoms with Crippen LogP contribution >= 0.6 is 22.6 Å². The number of esters is 4. The number of halogens is 1. The quantitative estimate of drug-likeness (QED) is 0.173. The zero-order valence-electron chi connectivity index (χ0n) is 19.6. The molecule has 5 aliphatic rings. The van der Waals surface area contributed by atoms with Gasteiger partial charge in [-0.3, -0.25) is 19.2 Å². The highest BCUT2D eigenvalue weighted by atomic mass is 127. The van der Waals surface area contributed by atoms with Crippen molar-refractivity contribution in [2.75, 3.05) is 7.11 Å². The molecule has 1 heterocycles. The third kappa shape index (κ3) is 2.54. The van der Waals surface area contributed by atoms with Crippen LogP contribution in [0.3, 0.4) is 0 Å². The Hall–Kier alpha value is -1.69. The third-order valence-corrected chi connectivity index (χ3v) is 11.1. The number of alkyl halides is 1. The molecule has 4 bridgehead atoms. The van der Waals surface area contributed by atoms with Gasteiger partial charge in [0.25, 0.3) is 0 Å². The van der Waals surface area contributed by atoms with Gasteiger partial charge < -0.3 is 24.1 Å². The van der Waals surface area contributed by atoms with E-state index in [1.54, 1.807) is 6.92 Å². The number of aliphatic hydroxyl groups excluding tert-OH is 1. The monoisotopic (exact) mass is 588 g/mol. The SMILES string of the molecule is C=C1C[C@]23C[C@@]1(OC(C)=O)CC[C@H]2[C@@]12OC(=O)[C@](C)([C@H]1[C@@H]3C(=O)OC)[C@@H](O)[C@H](OC(C)=O)[C@H]2I. The lowest BCUT2D eigenvalue weighted by Crippen LogP contribution is -2.66. The third-order valence-electron chi connectivity index (χ3n) is 9.41. The molecule has 0 radical (unpaired) electrons. The van der Waals surface area contributed by atoms with Crippen molar-refractivity contribution in [3.8, 4) is 0 Å². The van der Waals surface area contributed by atoms with Gasteiger partial charge in [0.1, 0.15) is 28.8 Å². The van der Waals surface area contributed by atoms with Crippen LogP contribution in [0.25, 0.3) is 0 Å². The van der Waals surface area contributed by atoms with Crippen LogP contribution in [0, 0.1) is 28.6 Å². The zero-order chi connectivity index (χ0) is 25.0. The highest BCUT2D eigenvalue weighted by Crippen LogP contribution is 2.79. The normalized spacial score (nSPS) is 50.2. The summed E-state index contributed by atoms with van der Waals surface area (Å²) in [5, 5.41) is 11.4. The van der Waals surface area contributed by atoms with Crippen molar-refractivity contribution < 1.29 is 43.2 Å². The largest absolute Gasteiger partial charge is 0.469 e. The van der Waals surface area contributed by atoms with E-state index in [2.05, 4.69) is 29.2 Å². The molecule has 9 nitrogen and oxygen atoms in total. The number of rotatable bonds is 3. The van der Waals surface area contributed by atoms with E-state index >= 15 is 0 Å². The molecule has 0 aromatic heterocycles. The van der Waals surface area contributed by atoms with Crippen LogP contribution in [0.5, 0.6) is 0 Å². The van der Waals surface area contributed by atoms with Gasteiger partial charge in [-0.1, -0.05) is 29.2 Å². The van der Waals surface area contributed by atoms with Crippen molar-refractivity contribution in [1.29, 1.82) is 0 Å². The number of carbonyl (C=O) groups excluding carboxylic acids is 4. The topological polar surface area (TPSA) is 125 Å². The number of methoxy groups -OCH3 is 1.